The van der Waals surface area contributed by atoms with Crippen molar-refractivity contribution in [2.75, 3.05) is 24.2 Å². The smallest absolute Gasteiger partial charge is 0.241 e. The number of rotatable bonds is 8. The van der Waals surface area contributed by atoms with E-state index in [1.165, 1.54) is 0 Å². The van der Waals surface area contributed by atoms with E-state index in [0.717, 1.165) is 11.4 Å². The largest absolute Gasteiger partial charge is 0.457 e. The molecule has 0 bridgehead atoms. The summed E-state index contributed by atoms with van der Waals surface area (Å²) in [5.74, 6) is 1.47. The number of aryl methyl sites for hydroxylation is 1. The second-order valence-corrected chi connectivity index (χ2v) is 7.23. The molecule has 3 aromatic rings. The molecule has 2 aromatic carbocycles. The maximum Gasteiger partial charge on any atom is 0.241 e. The van der Waals surface area contributed by atoms with Gasteiger partial charge in [0.1, 0.15) is 17.3 Å². The molecule has 0 saturated carbocycles. The first-order chi connectivity index (χ1) is 14.9. The van der Waals surface area contributed by atoms with Crippen molar-refractivity contribution in [1.82, 2.24) is 9.88 Å². The third-order valence-electron chi connectivity index (χ3n) is 4.69. The maximum absolute atomic E-state index is 12.6. The first-order valence-corrected chi connectivity index (χ1v) is 9.98. The zero-order valence-corrected chi connectivity index (χ0v) is 17.8. The maximum atomic E-state index is 12.6. The van der Waals surface area contributed by atoms with Crippen LogP contribution in [0.4, 0.5) is 11.5 Å². The summed E-state index contributed by atoms with van der Waals surface area (Å²) in [4.78, 5) is 30.8. The molecule has 2 N–H and O–H groups in total. The molecule has 0 aliphatic heterocycles. The number of pyridine rings is 1. The van der Waals surface area contributed by atoms with Crippen LogP contribution in [0.3, 0.4) is 0 Å². The second-order valence-electron chi connectivity index (χ2n) is 7.23. The molecule has 7 nitrogen and oxygen atoms in total. The van der Waals surface area contributed by atoms with E-state index in [1.54, 1.807) is 49.2 Å². The van der Waals surface area contributed by atoms with Crippen LogP contribution in [-0.4, -0.2) is 41.3 Å². The molecule has 0 fully saturated rings. The van der Waals surface area contributed by atoms with Gasteiger partial charge in [0.15, 0.2) is 0 Å². The summed E-state index contributed by atoms with van der Waals surface area (Å²) < 4.78 is 5.75. The number of amides is 2. The predicted molar refractivity (Wildman–Crippen MR) is 121 cm³/mol. The van der Waals surface area contributed by atoms with E-state index in [9.17, 15) is 9.59 Å². The Morgan fingerprint density at radius 3 is 2.29 bits per heavy atom. The van der Waals surface area contributed by atoms with E-state index in [4.69, 9.17) is 4.74 Å². The van der Waals surface area contributed by atoms with Gasteiger partial charge in [0, 0.05) is 11.4 Å². The summed E-state index contributed by atoms with van der Waals surface area (Å²) in [7, 11) is 1.73. The zero-order valence-electron chi connectivity index (χ0n) is 17.8. The summed E-state index contributed by atoms with van der Waals surface area (Å²) >= 11 is 0. The number of para-hydroxylation sites is 1. The molecule has 0 spiro atoms. The molecule has 7 heteroatoms. The lowest BCUT2D eigenvalue weighted by Gasteiger charge is -2.23. The highest BCUT2D eigenvalue weighted by atomic mass is 16.5. The van der Waals surface area contributed by atoms with Crippen molar-refractivity contribution in [3.8, 4) is 11.5 Å². The Labute approximate surface area is 182 Å². The minimum absolute atomic E-state index is 0.0636. The van der Waals surface area contributed by atoms with Gasteiger partial charge < -0.3 is 15.4 Å². The zero-order chi connectivity index (χ0) is 22.2. The fourth-order valence-electron chi connectivity index (χ4n) is 2.84. The Morgan fingerprint density at radius 1 is 0.935 bits per heavy atom. The van der Waals surface area contributed by atoms with E-state index >= 15 is 0 Å². The summed E-state index contributed by atoms with van der Waals surface area (Å²) in [6, 6.07) is 21.5. The van der Waals surface area contributed by atoms with E-state index < -0.39 is 6.04 Å². The second kappa shape index (κ2) is 10.4. The van der Waals surface area contributed by atoms with Gasteiger partial charge in [-0.15, -0.1) is 0 Å². The number of likely N-dealkylation sites (N-methyl/N-ethyl adjacent to an activating group) is 1. The number of hydrogen-bond acceptors (Lipinski definition) is 5. The van der Waals surface area contributed by atoms with E-state index in [0.29, 0.717) is 17.3 Å². The summed E-state index contributed by atoms with van der Waals surface area (Å²) in [6.45, 7) is 3.67. The third kappa shape index (κ3) is 6.65. The van der Waals surface area contributed by atoms with Crippen molar-refractivity contribution < 1.29 is 14.3 Å². The van der Waals surface area contributed by atoms with Gasteiger partial charge in [-0.25, -0.2) is 4.98 Å². The third-order valence-corrected chi connectivity index (χ3v) is 4.69. The Kier molecular flexibility index (Phi) is 7.35. The molecule has 160 valence electrons. The summed E-state index contributed by atoms with van der Waals surface area (Å²) in [5, 5.41) is 5.61. The summed E-state index contributed by atoms with van der Waals surface area (Å²) in [5.41, 5.74) is 1.47. The average Bonchev–Trinajstić information content (AvgIpc) is 2.75. The van der Waals surface area contributed by atoms with Crippen LogP contribution in [0, 0.1) is 6.92 Å². The van der Waals surface area contributed by atoms with Gasteiger partial charge in [-0.05, 0) is 69.4 Å². The predicted octanol–water partition coefficient (Wildman–Crippen LogP) is 4.08. The standard InChI is InChI=1S/C24H26N4O3/c1-17-8-7-11-22(25-17)27-23(29)16-28(3)18(2)24(30)26-19-12-14-21(15-13-19)31-20-9-5-4-6-10-20/h4-15,18H,16H2,1-3H3,(H,26,30)(H,25,27,29). The number of nitrogens with zero attached hydrogens (tertiary/aromatic N) is 2. The molecule has 1 atom stereocenters. The Balaban J connectivity index is 1.50. The van der Waals surface area contributed by atoms with Gasteiger partial charge in [-0.3, -0.25) is 14.5 Å². The van der Waals surface area contributed by atoms with Gasteiger partial charge in [0.05, 0.1) is 12.6 Å². The quantitative estimate of drug-likeness (QED) is 0.576. The molecule has 0 aliphatic carbocycles. The van der Waals surface area contributed by atoms with Crippen LogP contribution in [0.1, 0.15) is 12.6 Å². The molecule has 1 heterocycles. The Bertz CT molecular complexity index is 1020. The average molecular weight is 418 g/mol. The molecule has 3 rings (SSSR count). The van der Waals surface area contributed by atoms with Crippen molar-refractivity contribution in [2.45, 2.75) is 19.9 Å². The molecule has 0 aliphatic rings. The van der Waals surface area contributed by atoms with Crippen LogP contribution in [-0.2, 0) is 9.59 Å². The van der Waals surface area contributed by atoms with Crippen molar-refractivity contribution in [2.24, 2.45) is 0 Å². The van der Waals surface area contributed by atoms with Crippen molar-refractivity contribution in [3.63, 3.8) is 0 Å². The molecule has 0 saturated heterocycles. The lowest BCUT2D eigenvalue weighted by atomic mass is 10.2. The van der Waals surface area contributed by atoms with Gasteiger partial charge in [-0.2, -0.15) is 0 Å². The van der Waals surface area contributed by atoms with Crippen molar-refractivity contribution in [1.29, 1.82) is 0 Å². The van der Waals surface area contributed by atoms with Gasteiger partial charge in [0.25, 0.3) is 0 Å². The van der Waals surface area contributed by atoms with Crippen molar-refractivity contribution >= 4 is 23.3 Å². The van der Waals surface area contributed by atoms with Gasteiger partial charge in [0.2, 0.25) is 11.8 Å². The molecule has 0 radical (unpaired) electrons. The fourth-order valence-corrected chi connectivity index (χ4v) is 2.84. The van der Waals surface area contributed by atoms with E-state index in [1.807, 2.05) is 49.4 Å². The van der Waals surface area contributed by atoms with Crippen molar-refractivity contribution in [3.05, 3.63) is 78.5 Å². The number of hydrogen-bond donors (Lipinski definition) is 2. The number of ether oxygens (including phenoxy) is 1. The highest BCUT2D eigenvalue weighted by Crippen LogP contribution is 2.22. The number of carbonyl (C=O) groups excluding carboxylic acids is 2. The topological polar surface area (TPSA) is 83.6 Å². The van der Waals surface area contributed by atoms with Gasteiger partial charge in [-0.1, -0.05) is 24.3 Å². The molecule has 1 unspecified atom stereocenters. The highest BCUT2D eigenvalue weighted by molar-refractivity contribution is 5.96. The molecule has 2 amide bonds. The van der Waals surface area contributed by atoms with E-state index in [2.05, 4.69) is 15.6 Å². The Morgan fingerprint density at radius 2 is 1.61 bits per heavy atom. The monoisotopic (exact) mass is 418 g/mol. The van der Waals surface area contributed by atoms with Crippen LogP contribution in [0.15, 0.2) is 72.8 Å². The minimum atomic E-state index is -0.503. The number of nitrogens with one attached hydrogen (secondary N) is 2. The minimum Gasteiger partial charge on any atom is -0.457 e. The lowest BCUT2D eigenvalue weighted by Crippen LogP contribution is -2.43. The number of aromatic nitrogens is 1. The van der Waals surface area contributed by atoms with E-state index in [-0.39, 0.29) is 18.4 Å². The SMILES string of the molecule is Cc1cccc(NC(=O)CN(C)C(C)C(=O)Nc2ccc(Oc3ccccc3)cc2)n1. The van der Waals surface area contributed by atoms with Crippen LogP contribution in [0.25, 0.3) is 0 Å². The number of benzene rings is 2. The Hall–Kier alpha value is -3.71. The normalized spacial score (nSPS) is 11.6. The lowest BCUT2D eigenvalue weighted by molar-refractivity contribution is -0.122. The van der Waals surface area contributed by atoms with Crippen LogP contribution in [0.2, 0.25) is 0 Å². The fraction of sp³-hybridized carbons (Fsp3) is 0.208. The number of anilines is 2. The van der Waals surface area contributed by atoms with Crippen LogP contribution >= 0.6 is 0 Å². The first-order valence-electron chi connectivity index (χ1n) is 9.98. The molecular formula is C24H26N4O3. The molecule has 31 heavy (non-hydrogen) atoms. The first kappa shape index (κ1) is 22.0. The van der Waals surface area contributed by atoms with Crippen LogP contribution < -0.4 is 15.4 Å². The molecular weight excluding hydrogens is 392 g/mol. The van der Waals surface area contributed by atoms with Gasteiger partial charge >= 0.3 is 0 Å². The summed E-state index contributed by atoms with van der Waals surface area (Å²) in [6.07, 6.45) is 0. The highest BCUT2D eigenvalue weighted by Gasteiger charge is 2.20. The van der Waals surface area contributed by atoms with Crippen LogP contribution in [0.5, 0.6) is 11.5 Å². The molecule has 1 aromatic heterocycles. The number of carbonyl (C=O) groups is 2.